The molecule has 1 aromatic heterocycles. The molecular weight excluding hydrogens is 254 g/mol. The normalized spacial score (nSPS) is 18.1. The number of hydrogen-bond acceptors (Lipinski definition) is 2. The van der Waals surface area contributed by atoms with Crippen LogP contribution in [0.25, 0.3) is 6.08 Å². The van der Waals surface area contributed by atoms with Crippen LogP contribution in [0.5, 0.6) is 0 Å². The lowest BCUT2D eigenvalue weighted by atomic mass is 10.1. The van der Waals surface area contributed by atoms with Crippen LogP contribution in [0, 0.1) is 13.8 Å². The van der Waals surface area contributed by atoms with E-state index in [1.807, 2.05) is 19.9 Å². The molecule has 0 saturated carbocycles. The van der Waals surface area contributed by atoms with Gasteiger partial charge in [0.1, 0.15) is 5.70 Å². The topological polar surface area (TPSA) is 54.3 Å². The van der Waals surface area contributed by atoms with Gasteiger partial charge in [-0.05, 0) is 52.3 Å². The summed E-state index contributed by atoms with van der Waals surface area (Å²) in [4.78, 5) is 24.4. The lowest BCUT2D eigenvalue weighted by Crippen LogP contribution is -2.25. The molecule has 1 saturated heterocycles. The Hall–Kier alpha value is -2.04. The molecule has 0 spiro atoms. The van der Waals surface area contributed by atoms with E-state index in [2.05, 4.69) is 30.7 Å². The number of urea groups is 1. The summed E-state index contributed by atoms with van der Waals surface area (Å²) in [6.45, 7) is 10.5. The molecule has 1 fully saturated rings. The molecule has 1 N–H and O–H groups in total. The number of carbonyl (C=O) groups excluding carboxylic acids is 2. The van der Waals surface area contributed by atoms with Crippen molar-refractivity contribution < 1.29 is 9.59 Å². The molecule has 2 heterocycles. The van der Waals surface area contributed by atoms with Crippen LogP contribution in [0.1, 0.15) is 37.7 Å². The molecule has 1 aliphatic heterocycles. The average Bonchev–Trinajstić information content (AvgIpc) is 2.71. The fourth-order valence-corrected chi connectivity index (χ4v) is 2.74. The van der Waals surface area contributed by atoms with Crippen molar-refractivity contribution in [2.75, 3.05) is 7.05 Å². The Morgan fingerprint density at radius 1 is 1.20 bits per heavy atom. The molecule has 2 rings (SSSR count). The van der Waals surface area contributed by atoms with Crippen LogP contribution >= 0.6 is 0 Å². The van der Waals surface area contributed by atoms with Crippen molar-refractivity contribution in [1.29, 1.82) is 0 Å². The largest absolute Gasteiger partial charge is 0.343 e. The Kier molecular flexibility index (Phi) is 3.24. The predicted molar refractivity (Wildman–Crippen MR) is 78.2 cm³/mol. The molecule has 5 nitrogen and oxygen atoms in total. The lowest BCUT2D eigenvalue weighted by Gasteiger charge is -2.25. The quantitative estimate of drug-likeness (QED) is 0.632. The van der Waals surface area contributed by atoms with Crippen LogP contribution in [0.3, 0.4) is 0 Å². The van der Waals surface area contributed by atoms with Crippen LogP contribution in [0.2, 0.25) is 0 Å². The van der Waals surface area contributed by atoms with E-state index in [1.165, 1.54) is 7.05 Å². The molecule has 0 atom stereocenters. The van der Waals surface area contributed by atoms with Gasteiger partial charge in [0.25, 0.3) is 5.91 Å². The zero-order chi connectivity index (χ0) is 15.2. The van der Waals surface area contributed by atoms with Gasteiger partial charge >= 0.3 is 6.03 Å². The van der Waals surface area contributed by atoms with Crippen molar-refractivity contribution in [2.24, 2.45) is 0 Å². The Balaban J connectivity index is 2.47. The molecule has 1 aliphatic rings. The molecule has 108 valence electrons. The van der Waals surface area contributed by atoms with E-state index in [0.717, 1.165) is 21.9 Å². The number of carbonyl (C=O) groups is 2. The van der Waals surface area contributed by atoms with Crippen molar-refractivity contribution in [2.45, 2.75) is 40.2 Å². The zero-order valence-electron chi connectivity index (χ0n) is 12.9. The number of aryl methyl sites for hydroxylation is 1. The highest BCUT2D eigenvalue weighted by atomic mass is 16.2. The van der Waals surface area contributed by atoms with Gasteiger partial charge in [-0.2, -0.15) is 0 Å². The first-order chi connectivity index (χ1) is 9.12. The first-order valence-electron chi connectivity index (χ1n) is 6.63. The Bertz CT molecular complexity index is 618. The van der Waals surface area contributed by atoms with E-state index in [-0.39, 0.29) is 17.5 Å². The highest BCUT2D eigenvalue weighted by Crippen LogP contribution is 2.26. The number of amides is 3. The number of nitrogens with zero attached hydrogens (tertiary/aromatic N) is 2. The van der Waals surface area contributed by atoms with Gasteiger partial charge in [0, 0.05) is 24.0 Å². The number of hydrogen-bond donors (Lipinski definition) is 1. The van der Waals surface area contributed by atoms with Gasteiger partial charge in [-0.15, -0.1) is 0 Å². The Labute approximate surface area is 119 Å². The summed E-state index contributed by atoms with van der Waals surface area (Å²) in [6, 6.07) is 1.65. The van der Waals surface area contributed by atoms with Crippen molar-refractivity contribution in [3.8, 4) is 0 Å². The fraction of sp³-hybridized carbons (Fsp3) is 0.467. The molecule has 0 unspecified atom stereocenters. The van der Waals surface area contributed by atoms with E-state index in [1.54, 1.807) is 6.08 Å². The van der Waals surface area contributed by atoms with E-state index in [0.29, 0.717) is 5.70 Å². The molecule has 0 radical (unpaired) electrons. The van der Waals surface area contributed by atoms with Crippen LogP contribution < -0.4 is 5.32 Å². The summed E-state index contributed by atoms with van der Waals surface area (Å²) in [7, 11) is 1.47. The molecule has 5 heteroatoms. The van der Waals surface area contributed by atoms with E-state index in [9.17, 15) is 9.59 Å². The minimum atomic E-state index is -0.383. The van der Waals surface area contributed by atoms with E-state index < -0.39 is 0 Å². The van der Waals surface area contributed by atoms with Gasteiger partial charge in [0.15, 0.2) is 0 Å². The molecule has 3 amide bonds. The van der Waals surface area contributed by atoms with Crippen LogP contribution in [0.15, 0.2) is 11.8 Å². The number of likely N-dealkylation sites (N-methyl/N-ethyl adjacent to an activating group) is 1. The Morgan fingerprint density at radius 3 is 2.20 bits per heavy atom. The molecule has 0 aliphatic carbocycles. The van der Waals surface area contributed by atoms with E-state index in [4.69, 9.17) is 0 Å². The summed E-state index contributed by atoms with van der Waals surface area (Å²) in [5.41, 5.74) is 3.47. The summed E-state index contributed by atoms with van der Waals surface area (Å²) < 4.78 is 2.23. The van der Waals surface area contributed by atoms with Gasteiger partial charge in [-0.25, -0.2) is 4.79 Å². The van der Waals surface area contributed by atoms with Crippen molar-refractivity contribution in [3.05, 3.63) is 28.7 Å². The maximum Gasteiger partial charge on any atom is 0.328 e. The third-order valence-electron chi connectivity index (χ3n) is 3.52. The first-order valence-corrected chi connectivity index (χ1v) is 6.63. The maximum atomic E-state index is 11.9. The van der Waals surface area contributed by atoms with Gasteiger partial charge in [0.05, 0.1) is 0 Å². The highest BCUT2D eigenvalue weighted by Gasteiger charge is 2.30. The minimum absolute atomic E-state index is 0.0232. The van der Waals surface area contributed by atoms with Crippen molar-refractivity contribution >= 4 is 18.0 Å². The molecular formula is C15H21N3O2. The van der Waals surface area contributed by atoms with Crippen molar-refractivity contribution in [3.63, 3.8) is 0 Å². The molecule has 0 bridgehead atoms. The van der Waals surface area contributed by atoms with Gasteiger partial charge in [-0.1, -0.05) is 0 Å². The van der Waals surface area contributed by atoms with Crippen LogP contribution in [-0.4, -0.2) is 28.5 Å². The predicted octanol–water partition coefficient (Wildman–Crippen LogP) is 2.38. The smallest absolute Gasteiger partial charge is 0.328 e. The third kappa shape index (κ3) is 2.24. The second kappa shape index (κ2) is 4.51. The Morgan fingerprint density at radius 2 is 1.80 bits per heavy atom. The first kappa shape index (κ1) is 14.4. The molecule has 0 aromatic carbocycles. The monoisotopic (exact) mass is 275 g/mol. The molecule has 1 aromatic rings. The summed E-state index contributed by atoms with van der Waals surface area (Å²) in [5.74, 6) is -0.296. The lowest BCUT2D eigenvalue weighted by molar-refractivity contribution is -0.121. The van der Waals surface area contributed by atoms with Crippen LogP contribution in [-0.2, 0) is 10.3 Å². The number of imide groups is 1. The number of rotatable bonds is 1. The summed E-state index contributed by atoms with van der Waals surface area (Å²) in [6.07, 6.45) is 1.74. The highest BCUT2D eigenvalue weighted by molar-refractivity contribution is 6.13. The standard InChI is InChI=1S/C15H21N3O2/c1-9-7-11(10(2)18(9)15(3,4)5)8-12-13(19)17(6)14(20)16-12/h7-8H,1-6H3,(H,16,20)/b12-8+. The summed E-state index contributed by atoms with van der Waals surface area (Å²) in [5, 5.41) is 2.59. The summed E-state index contributed by atoms with van der Waals surface area (Å²) >= 11 is 0. The second-order valence-corrected chi connectivity index (χ2v) is 6.19. The van der Waals surface area contributed by atoms with E-state index >= 15 is 0 Å². The average molecular weight is 275 g/mol. The van der Waals surface area contributed by atoms with Crippen molar-refractivity contribution in [1.82, 2.24) is 14.8 Å². The molecule has 20 heavy (non-hydrogen) atoms. The number of nitrogens with one attached hydrogen (secondary N) is 1. The van der Waals surface area contributed by atoms with Gasteiger partial charge in [0.2, 0.25) is 0 Å². The third-order valence-corrected chi connectivity index (χ3v) is 3.52. The maximum absolute atomic E-state index is 11.9. The number of aromatic nitrogens is 1. The van der Waals surface area contributed by atoms with Gasteiger partial charge in [-0.3, -0.25) is 9.69 Å². The van der Waals surface area contributed by atoms with Crippen LogP contribution in [0.4, 0.5) is 4.79 Å². The zero-order valence-corrected chi connectivity index (χ0v) is 12.9. The fourth-order valence-electron chi connectivity index (χ4n) is 2.74. The minimum Gasteiger partial charge on any atom is -0.343 e. The van der Waals surface area contributed by atoms with Gasteiger partial charge < -0.3 is 9.88 Å². The second-order valence-electron chi connectivity index (χ2n) is 6.19. The SMILES string of the molecule is Cc1cc(/C=C2/NC(=O)N(C)C2=O)c(C)n1C(C)(C)C.